The number of allylic oxidation sites excluding steroid dienone is 1. The predicted octanol–water partition coefficient (Wildman–Crippen LogP) is 5.11. The number of carbonyl (C=O) groups excluding carboxylic acids is 1. The van der Waals surface area contributed by atoms with Crippen molar-refractivity contribution in [2.24, 2.45) is 34.5 Å². The summed E-state index contributed by atoms with van der Waals surface area (Å²) >= 11 is 0. The third-order valence-corrected chi connectivity index (χ3v) is 9.52. The third kappa shape index (κ3) is 2.99. The van der Waals surface area contributed by atoms with Crippen LogP contribution >= 0.6 is 0 Å². The summed E-state index contributed by atoms with van der Waals surface area (Å²) in [5, 5.41) is 3.56. The Morgan fingerprint density at radius 2 is 1.96 bits per heavy atom. The summed E-state index contributed by atoms with van der Waals surface area (Å²) in [6.45, 7) is 9.08. The van der Waals surface area contributed by atoms with Crippen molar-refractivity contribution in [2.75, 3.05) is 7.05 Å². The third-order valence-electron chi connectivity index (χ3n) is 9.52. The van der Waals surface area contributed by atoms with E-state index in [1.54, 1.807) is 12.5 Å². The molecule has 0 aromatic heterocycles. The summed E-state index contributed by atoms with van der Waals surface area (Å²) in [6, 6.07) is 0.626. The van der Waals surface area contributed by atoms with Crippen molar-refractivity contribution in [1.29, 1.82) is 0 Å². The van der Waals surface area contributed by atoms with Gasteiger partial charge in [-0.25, -0.2) is 0 Å². The number of carbonyl (C=O) groups is 1. The molecule has 0 aliphatic heterocycles. The molecule has 0 bridgehead atoms. The van der Waals surface area contributed by atoms with Crippen LogP contribution < -0.4 is 5.32 Å². The minimum Gasteiger partial charge on any atom is -0.462 e. The zero-order valence-electron chi connectivity index (χ0n) is 18.0. The molecular formula is C24H39NO2. The Morgan fingerprint density at radius 3 is 2.67 bits per heavy atom. The van der Waals surface area contributed by atoms with E-state index in [2.05, 4.69) is 39.2 Å². The summed E-state index contributed by atoms with van der Waals surface area (Å²) in [4.78, 5) is 11.4. The van der Waals surface area contributed by atoms with Crippen molar-refractivity contribution in [1.82, 2.24) is 5.32 Å². The summed E-state index contributed by atoms with van der Waals surface area (Å²) in [5.41, 5.74) is 2.45. The van der Waals surface area contributed by atoms with Gasteiger partial charge in [-0.1, -0.05) is 25.5 Å². The van der Waals surface area contributed by atoms with Crippen molar-refractivity contribution in [3.63, 3.8) is 0 Å². The molecular weight excluding hydrogens is 334 g/mol. The summed E-state index contributed by atoms with van der Waals surface area (Å²) in [6.07, 6.45) is 12.7. The second-order valence-corrected chi connectivity index (χ2v) is 10.5. The number of rotatable bonds is 3. The molecule has 4 rings (SSSR count). The molecule has 8 atom stereocenters. The maximum atomic E-state index is 11.4. The first kappa shape index (κ1) is 19.5. The number of hydrogen-bond acceptors (Lipinski definition) is 3. The van der Waals surface area contributed by atoms with Crippen LogP contribution in [0.3, 0.4) is 0 Å². The van der Waals surface area contributed by atoms with Gasteiger partial charge >= 0.3 is 5.97 Å². The average Bonchev–Trinajstić information content (AvgIpc) is 2.98. The number of hydrogen-bond donors (Lipinski definition) is 1. The van der Waals surface area contributed by atoms with Crippen LogP contribution in [0.25, 0.3) is 0 Å². The Balaban J connectivity index is 1.56. The first-order valence-electron chi connectivity index (χ1n) is 11.3. The Labute approximate surface area is 165 Å². The van der Waals surface area contributed by atoms with Gasteiger partial charge in [0.25, 0.3) is 0 Å². The van der Waals surface area contributed by atoms with Crippen molar-refractivity contribution in [3.05, 3.63) is 11.6 Å². The molecule has 0 heterocycles. The molecule has 3 nitrogen and oxygen atoms in total. The Morgan fingerprint density at radius 1 is 1.19 bits per heavy atom. The van der Waals surface area contributed by atoms with Gasteiger partial charge in [-0.15, -0.1) is 0 Å². The van der Waals surface area contributed by atoms with Gasteiger partial charge in [0.15, 0.2) is 0 Å². The normalized spacial score (nSPS) is 47.3. The van der Waals surface area contributed by atoms with Crippen LogP contribution in [0.5, 0.6) is 0 Å². The largest absolute Gasteiger partial charge is 0.462 e. The van der Waals surface area contributed by atoms with Gasteiger partial charge in [0.1, 0.15) is 6.10 Å². The Hall–Kier alpha value is -0.830. The molecule has 4 aliphatic carbocycles. The van der Waals surface area contributed by atoms with E-state index >= 15 is 0 Å². The molecule has 27 heavy (non-hydrogen) atoms. The standard InChI is InChI=1S/C24H39NO2/c1-15(25-5)20-8-9-21-19-7-6-17-14-18(27-16(2)26)10-12-23(17,3)22(19)11-13-24(20,21)4/h6,15,18-22,25H,7-14H2,1-5H3/t15-,18+,19-,20+,21+,22-,23+,24-/m1/s1. The van der Waals surface area contributed by atoms with Crippen molar-refractivity contribution in [2.45, 2.75) is 91.2 Å². The van der Waals surface area contributed by atoms with Crippen LogP contribution in [0.4, 0.5) is 0 Å². The molecule has 0 saturated heterocycles. The van der Waals surface area contributed by atoms with Gasteiger partial charge in [0, 0.05) is 19.4 Å². The van der Waals surface area contributed by atoms with Crippen LogP contribution in [0.2, 0.25) is 0 Å². The monoisotopic (exact) mass is 373 g/mol. The van der Waals surface area contributed by atoms with Crippen molar-refractivity contribution in [3.8, 4) is 0 Å². The van der Waals surface area contributed by atoms with Gasteiger partial charge < -0.3 is 10.1 Å². The highest BCUT2D eigenvalue weighted by atomic mass is 16.5. The second kappa shape index (κ2) is 6.90. The maximum Gasteiger partial charge on any atom is 0.302 e. The molecule has 3 heteroatoms. The molecule has 152 valence electrons. The smallest absolute Gasteiger partial charge is 0.302 e. The highest BCUT2D eigenvalue weighted by Gasteiger charge is 2.59. The lowest BCUT2D eigenvalue weighted by Crippen LogP contribution is -2.52. The first-order valence-corrected chi connectivity index (χ1v) is 11.3. The lowest BCUT2D eigenvalue weighted by molar-refractivity contribution is -0.148. The van der Waals surface area contributed by atoms with E-state index in [-0.39, 0.29) is 12.1 Å². The number of esters is 1. The molecule has 0 spiro atoms. The summed E-state index contributed by atoms with van der Waals surface area (Å²) in [5.74, 6) is 3.28. The molecule has 1 N–H and O–H groups in total. The SMILES string of the molecule is CN[C@H](C)[C@@H]1CC[C@H]2[C@H]3CC=C4C[C@@H](OC(C)=O)CC[C@]4(C)[C@@H]3CC[C@@]21C. The van der Waals surface area contributed by atoms with E-state index in [4.69, 9.17) is 4.74 Å². The van der Waals surface area contributed by atoms with E-state index in [1.165, 1.54) is 38.5 Å². The Bertz CT molecular complexity index is 628. The molecule has 3 saturated carbocycles. The highest BCUT2D eigenvalue weighted by molar-refractivity contribution is 5.66. The molecule has 0 unspecified atom stereocenters. The maximum absolute atomic E-state index is 11.4. The topological polar surface area (TPSA) is 38.3 Å². The van der Waals surface area contributed by atoms with Crippen molar-refractivity contribution >= 4 is 5.97 Å². The molecule has 0 aromatic rings. The number of ether oxygens (including phenoxy) is 1. The average molecular weight is 374 g/mol. The van der Waals surface area contributed by atoms with Gasteiger partial charge in [-0.3, -0.25) is 4.79 Å². The van der Waals surface area contributed by atoms with Crippen LogP contribution in [-0.4, -0.2) is 25.2 Å². The Kier molecular flexibility index (Phi) is 4.98. The number of fused-ring (bicyclic) bond motifs is 5. The minimum atomic E-state index is -0.123. The minimum absolute atomic E-state index is 0.111. The highest BCUT2D eigenvalue weighted by Crippen LogP contribution is 2.66. The first-order chi connectivity index (χ1) is 12.8. The molecule has 0 amide bonds. The second-order valence-electron chi connectivity index (χ2n) is 10.5. The van der Waals surface area contributed by atoms with Gasteiger partial charge in [0.2, 0.25) is 0 Å². The van der Waals surface area contributed by atoms with Crippen LogP contribution in [0, 0.1) is 34.5 Å². The lowest BCUT2D eigenvalue weighted by atomic mass is 9.47. The summed E-state index contributed by atoms with van der Waals surface area (Å²) < 4.78 is 5.57. The van der Waals surface area contributed by atoms with Crippen molar-refractivity contribution < 1.29 is 9.53 Å². The summed E-state index contributed by atoms with van der Waals surface area (Å²) in [7, 11) is 2.13. The van der Waals surface area contributed by atoms with Crippen LogP contribution in [0.1, 0.15) is 79.1 Å². The zero-order chi connectivity index (χ0) is 19.4. The zero-order valence-corrected chi connectivity index (χ0v) is 18.0. The van der Waals surface area contributed by atoms with Gasteiger partial charge in [0.05, 0.1) is 0 Å². The fourth-order valence-corrected chi connectivity index (χ4v) is 8.03. The molecule has 4 aliphatic rings. The van der Waals surface area contributed by atoms with E-state index in [9.17, 15) is 4.79 Å². The van der Waals surface area contributed by atoms with Crippen LogP contribution in [-0.2, 0) is 9.53 Å². The van der Waals surface area contributed by atoms with Gasteiger partial charge in [-0.05, 0) is 93.4 Å². The molecule has 0 aromatic carbocycles. The van der Waals surface area contributed by atoms with Gasteiger partial charge in [-0.2, -0.15) is 0 Å². The van der Waals surface area contributed by atoms with E-state index in [0.29, 0.717) is 16.9 Å². The fraction of sp³-hybridized carbons (Fsp3) is 0.875. The predicted molar refractivity (Wildman–Crippen MR) is 109 cm³/mol. The van der Waals surface area contributed by atoms with E-state index in [0.717, 1.165) is 36.5 Å². The lowest BCUT2D eigenvalue weighted by Gasteiger charge is -2.58. The molecule has 3 fully saturated rings. The van der Waals surface area contributed by atoms with E-state index in [1.807, 2.05) is 0 Å². The van der Waals surface area contributed by atoms with Crippen LogP contribution in [0.15, 0.2) is 11.6 Å². The quantitative estimate of drug-likeness (QED) is 0.552. The van der Waals surface area contributed by atoms with E-state index < -0.39 is 0 Å². The molecule has 0 radical (unpaired) electrons. The number of nitrogens with one attached hydrogen (secondary N) is 1. The fourth-order valence-electron chi connectivity index (χ4n) is 8.03.